The lowest BCUT2D eigenvalue weighted by Gasteiger charge is -2.08. The van der Waals surface area contributed by atoms with Crippen LogP contribution in [0.5, 0.6) is 0 Å². The lowest BCUT2D eigenvalue weighted by molar-refractivity contribution is -0.119. The highest BCUT2D eigenvalue weighted by molar-refractivity contribution is 9.10. The van der Waals surface area contributed by atoms with E-state index in [1.807, 2.05) is 0 Å². The van der Waals surface area contributed by atoms with Gasteiger partial charge in [0.05, 0.1) is 12.1 Å². The Hall–Kier alpha value is -1.67. The number of hydrazine groups is 1. The molecule has 0 bridgehead atoms. The molecule has 0 radical (unpaired) electrons. The first-order valence-electron chi connectivity index (χ1n) is 4.69. The number of carbonyl (C=O) groups is 2. The molecule has 1 rings (SSSR count). The summed E-state index contributed by atoms with van der Waals surface area (Å²) in [5.41, 5.74) is 2.57. The van der Waals surface area contributed by atoms with Crippen LogP contribution in [0.1, 0.15) is 10.4 Å². The van der Waals surface area contributed by atoms with Crippen molar-refractivity contribution < 1.29 is 9.59 Å². The van der Waals surface area contributed by atoms with Crippen LogP contribution >= 0.6 is 15.9 Å². The Morgan fingerprint density at radius 3 is 2.82 bits per heavy atom. The molecular formula is C9H12BrN5O2. The molecule has 0 aliphatic rings. The molecule has 92 valence electrons. The highest BCUT2D eigenvalue weighted by Gasteiger charge is 2.13. The second-order valence-electron chi connectivity index (χ2n) is 3.05. The summed E-state index contributed by atoms with van der Waals surface area (Å²) in [4.78, 5) is 26.6. The molecular weight excluding hydrogens is 290 g/mol. The Morgan fingerprint density at radius 1 is 1.53 bits per heavy atom. The monoisotopic (exact) mass is 301 g/mol. The van der Waals surface area contributed by atoms with E-state index in [0.29, 0.717) is 4.47 Å². The predicted molar refractivity (Wildman–Crippen MR) is 66.1 cm³/mol. The van der Waals surface area contributed by atoms with Gasteiger partial charge in [0.2, 0.25) is 5.91 Å². The van der Waals surface area contributed by atoms with Gasteiger partial charge in [-0.05, 0) is 22.0 Å². The summed E-state index contributed by atoms with van der Waals surface area (Å²) in [6.45, 7) is -0.105. The Morgan fingerprint density at radius 2 is 2.24 bits per heavy atom. The van der Waals surface area contributed by atoms with E-state index in [0.717, 1.165) is 0 Å². The zero-order valence-electron chi connectivity index (χ0n) is 9.08. The van der Waals surface area contributed by atoms with Crippen molar-refractivity contribution in [1.82, 2.24) is 15.6 Å². The molecule has 0 aliphatic heterocycles. The molecule has 0 fully saturated rings. The van der Waals surface area contributed by atoms with E-state index in [4.69, 9.17) is 5.84 Å². The standard InChI is InChI=1S/C9H12BrN5O2/c1-12-7(16)4-14-9(17)6-2-5(10)3-13-8(6)15-11/h2-3H,4,11H2,1H3,(H,12,16)(H,13,15)(H,14,17). The van der Waals surface area contributed by atoms with Crippen LogP contribution in [0.15, 0.2) is 16.7 Å². The number of hydrogen-bond acceptors (Lipinski definition) is 5. The van der Waals surface area contributed by atoms with Gasteiger partial charge in [0.15, 0.2) is 5.82 Å². The number of halogens is 1. The number of nitrogens with zero attached hydrogens (tertiary/aromatic N) is 1. The zero-order valence-corrected chi connectivity index (χ0v) is 10.7. The molecule has 8 heteroatoms. The normalized spacial score (nSPS) is 9.59. The fourth-order valence-electron chi connectivity index (χ4n) is 1.07. The molecule has 0 saturated heterocycles. The minimum Gasteiger partial charge on any atom is -0.358 e. The molecule has 0 atom stereocenters. The van der Waals surface area contributed by atoms with Crippen molar-refractivity contribution in [2.24, 2.45) is 5.84 Å². The maximum atomic E-state index is 11.7. The fraction of sp³-hybridized carbons (Fsp3) is 0.222. The smallest absolute Gasteiger partial charge is 0.255 e. The van der Waals surface area contributed by atoms with E-state index in [2.05, 4.69) is 37.0 Å². The minimum absolute atomic E-state index is 0.105. The summed E-state index contributed by atoms with van der Waals surface area (Å²) in [6, 6.07) is 1.56. The Bertz CT molecular complexity index is 437. The average molecular weight is 302 g/mol. The van der Waals surface area contributed by atoms with Crippen molar-refractivity contribution in [1.29, 1.82) is 0 Å². The van der Waals surface area contributed by atoms with E-state index in [-0.39, 0.29) is 23.8 Å². The van der Waals surface area contributed by atoms with Crippen molar-refractivity contribution in [2.45, 2.75) is 0 Å². The number of nitrogens with two attached hydrogens (primary N) is 1. The van der Waals surface area contributed by atoms with Crippen molar-refractivity contribution in [2.75, 3.05) is 19.0 Å². The number of anilines is 1. The van der Waals surface area contributed by atoms with E-state index in [1.54, 1.807) is 6.07 Å². The summed E-state index contributed by atoms with van der Waals surface area (Å²) >= 11 is 3.20. The molecule has 1 heterocycles. The molecule has 0 spiro atoms. The van der Waals surface area contributed by atoms with Gasteiger partial charge < -0.3 is 16.1 Å². The van der Waals surface area contributed by atoms with Crippen LogP contribution in [0.25, 0.3) is 0 Å². The number of aromatic nitrogens is 1. The Labute approximate surface area is 106 Å². The maximum absolute atomic E-state index is 11.7. The molecule has 7 nitrogen and oxygen atoms in total. The Kier molecular flexibility index (Phi) is 4.85. The molecule has 1 aromatic heterocycles. The van der Waals surface area contributed by atoms with Crippen LogP contribution < -0.4 is 21.9 Å². The van der Waals surface area contributed by atoms with Crippen LogP contribution in [-0.2, 0) is 4.79 Å². The molecule has 5 N–H and O–H groups in total. The third-order valence-electron chi connectivity index (χ3n) is 1.92. The summed E-state index contributed by atoms with van der Waals surface area (Å²) in [5.74, 6) is 4.75. The lowest BCUT2D eigenvalue weighted by Crippen LogP contribution is -2.35. The summed E-state index contributed by atoms with van der Waals surface area (Å²) in [7, 11) is 1.49. The number of nitrogen functional groups attached to an aromatic ring is 1. The highest BCUT2D eigenvalue weighted by atomic mass is 79.9. The van der Waals surface area contributed by atoms with Gasteiger partial charge in [-0.25, -0.2) is 10.8 Å². The summed E-state index contributed by atoms with van der Waals surface area (Å²) in [6.07, 6.45) is 1.50. The van der Waals surface area contributed by atoms with Gasteiger partial charge in [-0.3, -0.25) is 9.59 Å². The van der Waals surface area contributed by atoms with Crippen LogP contribution in [0.4, 0.5) is 5.82 Å². The quantitative estimate of drug-likeness (QED) is 0.447. The van der Waals surface area contributed by atoms with E-state index in [9.17, 15) is 9.59 Å². The summed E-state index contributed by atoms with van der Waals surface area (Å²) < 4.78 is 0.640. The van der Waals surface area contributed by atoms with Gasteiger partial charge in [-0.1, -0.05) is 0 Å². The zero-order chi connectivity index (χ0) is 12.8. The summed E-state index contributed by atoms with van der Waals surface area (Å²) in [5, 5.41) is 4.84. The van der Waals surface area contributed by atoms with Crippen molar-refractivity contribution in [3.63, 3.8) is 0 Å². The number of pyridine rings is 1. The molecule has 0 aromatic carbocycles. The van der Waals surface area contributed by atoms with Gasteiger partial charge in [0, 0.05) is 17.7 Å². The second-order valence-corrected chi connectivity index (χ2v) is 3.97. The van der Waals surface area contributed by atoms with Crippen LogP contribution in [-0.4, -0.2) is 30.4 Å². The third-order valence-corrected chi connectivity index (χ3v) is 2.36. The van der Waals surface area contributed by atoms with Crippen molar-refractivity contribution >= 4 is 33.6 Å². The molecule has 17 heavy (non-hydrogen) atoms. The first-order chi connectivity index (χ1) is 8.08. The molecule has 0 unspecified atom stereocenters. The van der Waals surface area contributed by atoms with Crippen LogP contribution in [0, 0.1) is 0 Å². The van der Waals surface area contributed by atoms with E-state index in [1.165, 1.54) is 13.2 Å². The largest absolute Gasteiger partial charge is 0.358 e. The predicted octanol–water partition coefficient (Wildman–Crippen LogP) is -0.395. The van der Waals surface area contributed by atoms with Gasteiger partial charge in [0.1, 0.15) is 0 Å². The highest BCUT2D eigenvalue weighted by Crippen LogP contribution is 2.16. The van der Waals surface area contributed by atoms with Gasteiger partial charge >= 0.3 is 0 Å². The van der Waals surface area contributed by atoms with E-state index < -0.39 is 5.91 Å². The Balaban J connectivity index is 2.80. The van der Waals surface area contributed by atoms with Crippen LogP contribution in [0.2, 0.25) is 0 Å². The van der Waals surface area contributed by atoms with E-state index >= 15 is 0 Å². The van der Waals surface area contributed by atoms with Crippen molar-refractivity contribution in [3.05, 3.63) is 22.3 Å². The third kappa shape index (κ3) is 3.68. The number of amides is 2. The molecule has 2 amide bonds. The number of nitrogens with one attached hydrogen (secondary N) is 3. The SMILES string of the molecule is CNC(=O)CNC(=O)c1cc(Br)cnc1NN. The first kappa shape index (κ1) is 13.4. The van der Waals surface area contributed by atoms with Gasteiger partial charge in [-0.2, -0.15) is 0 Å². The maximum Gasteiger partial charge on any atom is 0.255 e. The number of likely N-dealkylation sites (N-methyl/N-ethyl adjacent to an activating group) is 1. The minimum atomic E-state index is -0.435. The topological polar surface area (TPSA) is 109 Å². The van der Waals surface area contributed by atoms with Crippen molar-refractivity contribution in [3.8, 4) is 0 Å². The van der Waals surface area contributed by atoms with Gasteiger partial charge in [0.25, 0.3) is 5.91 Å². The molecule has 0 saturated carbocycles. The average Bonchev–Trinajstić information content (AvgIpc) is 2.35. The second kappa shape index (κ2) is 6.16. The lowest BCUT2D eigenvalue weighted by atomic mass is 10.2. The number of carbonyl (C=O) groups excluding carboxylic acids is 2. The van der Waals surface area contributed by atoms with Crippen LogP contribution in [0.3, 0.4) is 0 Å². The molecule has 0 aliphatic carbocycles. The first-order valence-corrected chi connectivity index (χ1v) is 5.48. The number of hydrogen-bond donors (Lipinski definition) is 4. The molecule has 1 aromatic rings. The van der Waals surface area contributed by atoms with Gasteiger partial charge in [-0.15, -0.1) is 0 Å². The fourth-order valence-corrected chi connectivity index (χ4v) is 1.40. The number of rotatable bonds is 4.